The first kappa shape index (κ1) is 8.85. The molecule has 1 nitrogen and oxygen atoms in total. The maximum Gasteiger partial charge on any atom is 0.121 e. The molecule has 64 valence electrons. The van der Waals surface area contributed by atoms with Gasteiger partial charge in [0.1, 0.15) is 5.76 Å². The molecule has 0 aliphatic carbocycles. The molecule has 1 heteroatoms. The molecular formula is C11H14O. The fraction of sp³-hybridized carbons (Fsp3) is 0.273. The van der Waals surface area contributed by atoms with E-state index >= 15 is 0 Å². The first-order chi connectivity index (χ1) is 5.61. The van der Waals surface area contributed by atoms with Gasteiger partial charge in [0.05, 0.1) is 0 Å². The van der Waals surface area contributed by atoms with Gasteiger partial charge in [-0.2, -0.15) is 0 Å². The van der Waals surface area contributed by atoms with Crippen LogP contribution in [0.5, 0.6) is 0 Å². The minimum atomic E-state index is 0.384. The number of aliphatic hydroxyl groups is 1. The van der Waals surface area contributed by atoms with Crippen LogP contribution in [0, 0.1) is 6.92 Å². The number of benzene rings is 1. The molecule has 0 radical (unpaired) electrons. The molecule has 0 heterocycles. The Bertz CT molecular complexity index is 289. The van der Waals surface area contributed by atoms with Crippen LogP contribution in [-0.2, 0) is 0 Å². The molecule has 1 aromatic rings. The quantitative estimate of drug-likeness (QED) is 0.628. The zero-order valence-electron chi connectivity index (χ0n) is 7.76. The minimum absolute atomic E-state index is 0.384. The number of hydrogen-bond acceptors (Lipinski definition) is 1. The number of hydrogen-bond donors (Lipinski definition) is 1. The lowest BCUT2D eigenvalue weighted by Crippen LogP contribution is -1.85. The smallest absolute Gasteiger partial charge is 0.121 e. The van der Waals surface area contributed by atoms with Gasteiger partial charge in [-0.1, -0.05) is 29.8 Å². The zero-order valence-corrected chi connectivity index (χ0v) is 7.76. The van der Waals surface area contributed by atoms with Crippen LogP contribution in [0.25, 0.3) is 5.76 Å². The van der Waals surface area contributed by atoms with Gasteiger partial charge in [0.25, 0.3) is 0 Å². The van der Waals surface area contributed by atoms with Gasteiger partial charge in [-0.3, -0.25) is 0 Å². The summed E-state index contributed by atoms with van der Waals surface area (Å²) in [6.45, 7) is 5.83. The third-order valence-electron chi connectivity index (χ3n) is 1.80. The summed E-state index contributed by atoms with van der Waals surface area (Å²) >= 11 is 0. The molecule has 0 atom stereocenters. The lowest BCUT2D eigenvalue weighted by Gasteiger charge is -2.02. The normalized spacial score (nSPS) is 9.58. The maximum atomic E-state index is 9.57. The van der Waals surface area contributed by atoms with Gasteiger partial charge in [0, 0.05) is 5.56 Å². The molecule has 12 heavy (non-hydrogen) atoms. The summed E-state index contributed by atoms with van der Waals surface area (Å²) in [6, 6.07) is 7.85. The van der Waals surface area contributed by atoms with Crippen LogP contribution in [0.3, 0.4) is 0 Å². The van der Waals surface area contributed by atoms with Gasteiger partial charge in [-0.25, -0.2) is 0 Å². The van der Waals surface area contributed by atoms with Crippen LogP contribution >= 0.6 is 0 Å². The third kappa shape index (κ3) is 1.88. The molecule has 0 unspecified atom stereocenters. The molecule has 1 N–H and O–H groups in total. The van der Waals surface area contributed by atoms with Crippen LogP contribution < -0.4 is 0 Å². The van der Waals surface area contributed by atoms with Gasteiger partial charge in [-0.15, -0.1) is 0 Å². The van der Waals surface area contributed by atoms with E-state index in [1.54, 1.807) is 0 Å². The average Bonchev–Trinajstić information content (AvgIpc) is 2.04. The molecular weight excluding hydrogens is 148 g/mol. The average molecular weight is 162 g/mol. The topological polar surface area (TPSA) is 20.2 Å². The van der Waals surface area contributed by atoms with E-state index in [2.05, 4.69) is 0 Å². The number of allylic oxidation sites excluding steroid dienone is 1. The molecule has 0 aliphatic heterocycles. The van der Waals surface area contributed by atoms with E-state index < -0.39 is 0 Å². The highest BCUT2D eigenvalue weighted by Crippen LogP contribution is 2.15. The van der Waals surface area contributed by atoms with Crippen LogP contribution in [0.1, 0.15) is 25.0 Å². The van der Waals surface area contributed by atoms with Gasteiger partial charge >= 0.3 is 0 Å². The van der Waals surface area contributed by atoms with E-state index in [9.17, 15) is 5.11 Å². The highest BCUT2D eigenvalue weighted by molar-refractivity contribution is 5.60. The van der Waals surface area contributed by atoms with E-state index in [0.717, 1.165) is 11.1 Å². The van der Waals surface area contributed by atoms with Crippen molar-refractivity contribution >= 4 is 5.76 Å². The largest absolute Gasteiger partial charge is 0.507 e. The van der Waals surface area contributed by atoms with Crippen molar-refractivity contribution in [1.29, 1.82) is 0 Å². The van der Waals surface area contributed by atoms with Gasteiger partial charge in [0.15, 0.2) is 0 Å². The van der Waals surface area contributed by atoms with Crippen LogP contribution in [0.4, 0.5) is 0 Å². The molecule has 0 saturated carbocycles. The fourth-order valence-electron chi connectivity index (χ4n) is 1.00. The Kier molecular flexibility index (Phi) is 2.54. The fourth-order valence-corrected chi connectivity index (χ4v) is 1.00. The lowest BCUT2D eigenvalue weighted by atomic mass is 10.1. The Labute approximate surface area is 73.4 Å². The zero-order chi connectivity index (χ0) is 9.14. The predicted octanol–water partition coefficient (Wildman–Crippen LogP) is 3.30. The first-order valence-corrected chi connectivity index (χ1v) is 4.04. The van der Waals surface area contributed by atoms with E-state index in [4.69, 9.17) is 0 Å². The molecule has 0 amide bonds. The standard InChI is InChI=1S/C11H14O/c1-8(2)11(12)10-6-4-9(3)5-7-10/h4-7,12H,1-3H3. The van der Waals surface area contributed by atoms with Crippen LogP contribution in [0.2, 0.25) is 0 Å². The second kappa shape index (κ2) is 3.44. The van der Waals surface area contributed by atoms with Crippen molar-refractivity contribution in [1.82, 2.24) is 0 Å². The van der Waals surface area contributed by atoms with Crippen molar-refractivity contribution < 1.29 is 5.11 Å². The summed E-state index contributed by atoms with van der Waals surface area (Å²) < 4.78 is 0. The van der Waals surface area contributed by atoms with Gasteiger partial charge in [-0.05, 0) is 26.3 Å². The lowest BCUT2D eigenvalue weighted by molar-refractivity contribution is 0.506. The van der Waals surface area contributed by atoms with E-state index in [-0.39, 0.29) is 0 Å². The van der Waals surface area contributed by atoms with Gasteiger partial charge < -0.3 is 5.11 Å². The molecule has 0 fully saturated rings. The Morgan fingerprint density at radius 1 is 1.08 bits per heavy atom. The Balaban J connectivity index is 3.06. The Morgan fingerprint density at radius 2 is 1.58 bits per heavy atom. The Morgan fingerprint density at radius 3 is 2.00 bits per heavy atom. The van der Waals surface area contributed by atoms with Crippen molar-refractivity contribution in [2.45, 2.75) is 20.8 Å². The molecule has 1 aromatic carbocycles. The number of aliphatic hydroxyl groups excluding tert-OH is 1. The maximum absolute atomic E-state index is 9.57. The molecule has 0 spiro atoms. The predicted molar refractivity (Wildman–Crippen MR) is 52.1 cm³/mol. The van der Waals surface area contributed by atoms with Crippen molar-refractivity contribution in [3.05, 3.63) is 41.0 Å². The second-order valence-electron chi connectivity index (χ2n) is 3.21. The van der Waals surface area contributed by atoms with Crippen molar-refractivity contribution in [3.8, 4) is 0 Å². The van der Waals surface area contributed by atoms with Crippen molar-refractivity contribution in [2.24, 2.45) is 0 Å². The second-order valence-corrected chi connectivity index (χ2v) is 3.21. The highest BCUT2D eigenvalue weighted by Gasteiger charge is 1.98. The van der Waals surface area contributed by atoms with Crippen LogP contribution in [0.15, 0.2) is 29.8 Å². The van der Waals surface area contributed by atoms with E-state index in [0.29, 0.717) is 5.76 Å². The summed E-state index contributed by atoms with van der Waals surface area (Å²) in [4.78, 5) is 0. The molecule has 0 aromatic heterocycles. The third-order valence-corrected chi connectivity index (χ3v) is 1.80. The summed E-state index contributed by atoms with van der Waals surface area (Å²) in [7, 11) is 0. The minimum Gasteiger partial charge on any atom is -0.507 e. The molecule has 0 saturated heterocycles. The van der Waals surface area contributed by atoms with Crippen molar-refractivity contribution in [3.63, 3.8) is 0 Å². The molecule has 0 bridgehead atoms. The SMILES string of the molecule is CC(C)=C(O)c1ccc(C)cc1. The van der Waals surface area contributed by atoms with Gasteiger partial charge in [0.2, 0.25) is 0 Å². The molecule has 1 rings (SSSR count). The summed E-state index contributed by atoms with van der Waals surface area (Å²) in [5, 5.41) is 9.57. The number of rotatable bonds is 1. The van der Waals surface area contributed by atoms with Crippen molar-refractivity contribution in [2.75, 3.05) is 0 Å². The van der Waals surface area contributed by atoms with Crippen LogP contribution in [-0.4, -0.2) is 5.11 Å². The first-order valence-electron chi connectivity index (χ1n) is 4.04. The molecule has 0 aliphatic rings. The summed E-state index contributed by atoms with van der Waals surface area (Å²) in [6.07, 6.45) is 0. The summed E-state index contributed by atoms with van der Waals surface area (Å²) in [5.74, 6) is 0.384. The summed E-state index contributed by atoms with van der Waals surface area (Å²) in [5.41, 5.74) is 3.04. The van der Waals surface area contributed by atoms with E-state index in [1.165, 1.54) is 5.56 Å². The number of aryl methyl sites for hydroxylation is 1. The Hall–Kier alpha value is -1.24. The highest BCUT2D eigenvalue weighted by atomic mass is 16.3. The van der Waals surface area contributed by atoms with E-state index in [1.807, 2.05) is 45.0 Å². The monoisotopic (exact) mass is 162 g/mol.